The van der Waals surface area contributed by atoms with Gasteiger partial charge in [0.1, 0.15) is 5.69 Å². The molecule has 2 N–H and O–H groups in total. The number of aromatic nitrogens is 4. The molecule has 15 heavy (non-hydrogen) atoms. The third kappa shape index (κ3) is 2.04. The van der Waals surface area contributed by atoms with E-state index in [1.807, 2.05) is 18.5 Å². The molecule has 1 unspecified atom stereocenters. The quantitative estimate of drug-likeness (QED) is 0.785. The molecule has 80 valence electrons. The highest BCUT2D eigenvalue weighted by molar-refractivity contribution is 5.46. The lowest BCUT2D eigenvalue weighted by molar-refractivity contribution is 0.371. The van der Waals surface area contributed by atoms with Gasteiger partial charge in [-0.05, 0) is 6.92 Å². The largest absolute Gasteiger partial charge is 0.339 e. The van der Waals surface area contributed by atoms with Gasteiger partial charge < -0.3 is 14.8 Å². The van der Waals surface area contributed by atoms with Gasteiger partial charge in [0.25, 0.3) is 0 Å². The Labute approximate surface area is 87.1 Å². The molecule has 6 heteroatoms. The predicted molar refractivity (Wildman–Crippen MR) is 53.9 cm³/mol. The topological polar surface area (TPSA) is 82.8 Å². The first-order valence-electron chi connectivity index (χ1n) is 4.71. The summed E-state index contributed by atoms with van der Waals surface area (Å²) in [4.78, 5) is 8.22. The van der Waals surface area contributed by atoms with Gasteiger partial charge in [0.2, 0.25) is 11.7 Å². The summed E-state index contributed by atoms with van der Waals surface area (Å²) in [6.45, 7) is 1.90. The SMILES string of the molecule is CC(N)Cc1nc(-c2cncn2C)no1. The van der Waals surface area contributed by atoms with Gasteiger partial charge in [-0.25, -0.2) is 4.98 Å². The van der Waals surface area contributed by atoms with Crippen molar-refractivity contribution >= 4 is 0 Å². The van der Waals surface area contributed by atoms with Crippen LogP contribution in [0.2, 0.25) is 0 Å². The molecule has 0 aliphatic carbocycles. The number of imidazole rings is 1. The van der Waals surface area contributed by atoms with E-state index in [0.717, 1.165) is 5.69 Å². The molecule has 0 aliphatic rings. The molecule has 1 atom stereocenters. The van der Waals surface area contributed by atoms with Gasteiger partial charge in [-0.2, -0.15) is 4.98 Å². The third-order valence-electron chi connectivity index (χ3n) is 2.01. The molecule has 0 aromatic carbocycles. The monoisotopic (exact) mass is 207 g/mol. The summed E-state index contributed by atoms with van der Waals surface area (Å²) in [5.74, 6) is 1.10. The Morgan fingerprint density at radius 2 is 2.40 bits per heavy atom. The van der Waals surface area contributed by atoms with Crippen molar-refractivity contribution in [2.75, 3.05) is 0 Å². The molecule has 0 saturated carbocycles. The molecule has 2 heterocycles. The molecule has 0 aliphatic heterocycles. The second kappa shape index (κ2) is 3.82. The number of rotatable bonds is 3. The fourth-order valence-electron chi connectivity index (χ4n) is 1.29. The zero-order valence-corrected chi connectivity index (χ0v) is 8.71. The van der Waals surface area contributed by atoms with Crippen molar-refractivity contribution in [3.63, 3.8) is 0 Å². The molecule has 0 bridgehead atoms. The van der Waals surface area contributed by atoms with Crippen molar-refractivity contribution in [3.05, 3.63) is 18.4 Å². The minimum Gasteiger partial charge on any atom is -0.339 e. The maximum absolute atomic E-state index is 5.64. The van der Waals surface area contributed by atoms with Crippen LogP contribution in [-0.2, 0) is 13.5 Å². The van der Waals surface area contributed by atoms with Gasteiger partial charge in [0.15, 0.2) is 0 Å². The van der Waals surface area contributed by atoms with Gasteiger partial charge >= 0.3 is 0 Å². The van der Waals surface area contributed by atoms with Crippen molar-refractivity contribution in [2.45, 2.75) is 19.4 Å². The fraction of sp³-hybridized carbons (Fsp3) is 0.444. The highest BCUT2D eigenvalue weighted by Gasteiger charge is 2.12. The third-order valence-corrected chi connectivity index (χ3v) is 2.01. The number of aryl methyl sites for hydroxylation is 1. The van der Waals surface area contributed by atoms with E-state index in [1.54, 1.807) is 12.5 Å². The van der Waals surface area contributed by atoms with Crippen molar-refractivity contribution in [1.82, 2.24) is 19.7 Å². The summed E-state index contributed by atoms with van der Waals surface area (Å²) < 4.78 is 6.91. The summed E-state index contributed by atoms with van der Waals surface area (Å²) in [5.41, 5.74) is 6.47. The number of nitrogens with two attached hydrogens (primary N) is 1. The summed E-state index contributed by atoms with van der Waals surface area (Å²) in [6, 6.07) is 0.0184. The van der Waals surface area contributed by atoms with E-state index < -0.39 is 0 Å². The van der Waals surface area contributed by atoms with Gasteiger partial charge in [0.05, 0.1) is 12.5 Å². The van der Waals surface area contributed by atoms with Crippen LogP contribution in [-0.4, -0.2) is 25.7 Å². The first-order valence-corrected chi connectivity index (χ1v) is 4.71. The predicted octanol–water partition coefficient (Wildman–Crippen LogP) is 0.360. The van der Waals surface area contributed by atoms with Gasteiger partial charge in [0, 0.05) is 19.5 Å². The Bertz CT molecular complexity index is 445. The van der Waals surface area contributed by atoms with Crippen LogP contribution in [0.4, 0.5) is 0 Å². The van der Waals surface area contributed by atoms with E-state index in [4.69, 9.17) is 10.3 Å². The second-order valence-corrected chi connectivity index (χ2v) is 3.58. The van der Waals surface area contributed by atoms with Crippen molar-refractivity contribution < 1.29 is 4.52 Å². The zero-order valence-electron chi connectivity index (χ0n) is 8.71. The Kier molecular flexibility index (Phi) is 2.51. The van der Waals surface area contributed by atoms with E-state index in [2.05, 4.69) is 15.1 Å². The summed E-state index contributed by atoms with van der Waals surface area (Å²) in [7, 11) is 1.88. The van der Waals surface area contributed by atoms with Crippen LogP contribution in [0.1, 0.15) is 12.8 Å². The van der Waals surface area contributed by atoms with Crippen molar-refractivity contribution in [3.8, 4) is 11.5 Å². The van der Waals surface area contributed by atoms with Crippen LogP contribution in [0.3, 0.4) is 0 Å². The van der Waals surface area contributed by atoms with Crippen LogP contribution < -0.4 is 5.73 Å². The molecule has 2 aromatic rings. The maximum Gasteiger partial charge on any atom is 0.228 e. The second-order valence-electron chi connectivity index (χ2n) is 3.58. The fourth-order valence-corrected chi connectivity index (χ4v) is 1.29. The normalized spacial score (nSPS) is 13.0. The molecule has 6 nitrogen and oxygen atoms in total. The molecule has 0 saturated heterocycles. The molecular formula is C9H13N5O. The molecule has 2 aromatic heterocycles. The smallest absolute Gasteiger partial charge is 0.228 e. The lowest BCUT2D eigenvalue weighted by Crippen LogP contribution is -2.17. The minimum absolute atomic E-state index is 0.0184. The molecule has 0 radical (unpaired) electrons. The standard InChI is InChI=1S/C9H13N5O/c1-6(10)3-8-12-9(13-15-8)7-4-11-5-14(7)2/h4-6H,3,10H2,1-2H3. The molecule has 0 spiro atoms. The highest BCUT2D eigenvalue weighted by Crippen LogP contribution is 2.14. The van der Waals surface area contributed by atoms with Crippen LogP contribution in [0, 0.1) is 0 Å². The lowest BCUT2D eigenvalue weighted by Gasteiger charge is -1.96. The molecule has 0 fully saturated rings. The average molecular weight is 207 g/mol. The first-order chi connectivity index (χ1) is 7.16. The van der Waals surface area contributed by atoms with E-state index in [-0.39, 0.29) is 6.04 Å². The van der Waals surface area contributed by atoms with Crippen molar-refractivity contribution in [1.29, 1.82) is 0 Å². The summed E-state index contributed by atoms with van der Waals surface area (Å²) >= 11 is 0. The average Bonchev–Trinajstić information content (AvgIpc) is 2.72. The summed E-state index contributed by atoms with van der Waals surface area (Å²) in [5, 5.41) is 3.87. The van der Waals surface area contributed by atoms with Crippen molar-refractivity contribution in [2.24, 2.45) is 12.8 Å². The first kappa shape index (κ1) is 9.85. The molecule has 2 rings (SSSR count). The lowest BCUT2D eigenvalue weighted by atomic mass is 10.2. The minimum atomic E-state index is 0.0184. The van der Waals surface area contributed by atoms with Gasteiger partial charge in [-0.3, -0.25) is 0 Å². The van der Waals surface area contributed by atoms with E-state index >= 15 is 0 Å². The van der Waals surface area contributed by atoms with Crippen LogP contribution in [0.25, 0.3) is 11.5 Å². The molecule has 0 amide bonds. The van der Waals surface area contributed by atoms with Crippen LogP contribution in [0.5, 0.6) is 0 Å². The number of hydrogen-bond acceptors (Lipinski definition) is 5. The number of hydrogen-bond donors (Lipinski definition) is 1. The van der Waals surface area contributed by atoms with Gasteiger partial charge in [-0.1, -0.05) is 5.16 Å². The maximum atomic E-state index is 5.64. The van der Waals surface area contributed by atoms with Crippen LogP contribution in [0.15, 0.2) is 17.0 Å². The van der Waals surface area contributed by atoms with E-state index in [1.165, 1.54) is 0 Å². The highest BCUT2D eigenvalue weighted by atomic mass is 16.5. The summed E-state index contributed by atoms with van der Waals surface area (Å²) in [6.07, 6.45) is 3.97. The molecular weight excluding hydrogens is 194 g/mol. The van der Waals surface area contributed by atoms with Gasteiger partial charge in [-0.15, -0.1) is 0 Å². The van der Waals surface area contributed by atoms with Crippen LogP contribution >= 0.6 is 0 Å². The number of nitrogens with zero attached hydrogens (tertiary/aromatic N) is 4. The van der Waals surface area contributed by atoms with E-state index in [9.17, 15) is 0 Å². The Hall–Kier alpha value is -1.69. The van der Waals surface area contributed by atoms with E-state index in [0.29, 0.717) is 18.1 Å². The Morgan fingerprint density at radius 3 is 3.00 bits per heavy atom. The Balaban J connectivity index is 2.24. The zero-order chi connectivity index (χ0) is 10.8. The Morgan fingerprint density at radius 1 is 1.60 bits per heavy atom.